The van der Waals surface area contributed by atoms with Crippen molar-refractivity contribution in [2.45, 2.75) is 57.3 Å². The SMILES string of the molecule is COc1ccc(CC2CCCN2C(=O)C(C)OCC2CCCO2)cc1. The number of ether oxygens (including phenoxy) is 3. The van der Waals surface area contributed by atoms with Crippen LogP contribution in [0.2, 0.25) is 0 Å². The molecule has 2 heterocycles. The lowest BCUT2D eigenvalue weighted by Gasteiger charge is -2.28. The molecule has 0 bridgehead atoms. The average molecular weight is 347 g/mol. The smallest absolute Gasteiger partial charge is 0.251 e. The third-order valence-electron chi connectivity index (χ3n) is 5.19. The van der Waals surface area contributed by atoms with E-state index >= 15 is 0 Å². The Balaban J connectivity index is 1.53. The topological polar surface area (TPSA) is 48.0 Å². The van der Waals surface area contributed by atoms with Gasteiger partial charge in [-0.1, -0.05) is 12.1 Å². The van der Waals surface area contributed by atoms with Gasteiger partial charge in [-0.3, -0.25) is 4.79 Å². The molecule has 2 saturated heterocycles. The molecular formula is C20H29NO4. The van der Waals surface area contributed by atoms with Crippen LogP contribution in [0.4, 0.5) is 0 Å². The molecule has 3 atom stereocenters. The van der Waals surface area contributed by atoms with Crippen molar-refractivity contribution in [3.05, 3.63) is 29.8 Å². The predicted octanol–water partition coefficient (Wildman–Crippen LogP) is 2.81. The highest BCUT2D eigenvalue weighted by Crippen LogP contribution is 2.24. The highest BCUT2D eigenvalue weighted by atomic mass is 16.5. The molecule has 2 fully saturated rings. The van der Waals surface area contributed by atoms with Gasteiger partial charge in [-0.25, -0.2) is 0 Å². The number of methoxy groups -OCH3 is 1. The van der Waals surface area contributed by atoms with Crippen LogP contribution in [0.5, 0.6) is 5.75 Å². The zero-order valence-corrected chi connectivity index (χ0v) is 15.3. The van der Waals surface area contributed by atoms with Crippen molar-refractivity contribution < 1.29 is 19.0 Å². The Bertz CT molecular complexity index is 553. The summed E-state index contributed by atoms with van der Waals surface area (Å²) in [5.41, 5.74) is 1.23. The fourth-order valence-corrected chi connectivity index (χ4v) is 3.70. The van der Waals surface area contributed by atoms with Gasteiger partial charge in [0.15, 0.2) is 0 Å². The predicted molar refractivity (Wildman–Crippen MR) is 95.8 cm³/mol. The van der Waals surface area contributed by atoms with E-state index in [-0.39, 0.29) is 18.1 Å². The maximum atomic E-state index is 12.8. The Labute approximate surface area is 150 Å². The number of nitrogens with zero attached hydrogens (tertiary/aromatic N) is 1. The van der Waals surface area contributed by atoms with E-state index in [4.69, 9.17) is 14.2 Å². The molecule has 0 spiro atoms. The fraction of sp³-hybridized carbons (Fsp3) is 0.650. The summed E-state index contributed by atoms with van der Waals surface area (Å²) in [6, 6.07) is 8.37. The summed E-state index contributed by atoms with van der Waals surface area (Å²) in [5.74, 6) is 0.966. The molecular weight excluding hydrogens is 318 g/mol. The molecule has 1 aromatic carbocycles. The van der Waals surface area contributed by atoms with Crippen LogP contribution in [0.1, 0.15) is 38.2 Å². The molecule has 0 N–H and O–H groups in total. The summed E-state index contributed by atoms with van der Waals surface area (Å²) in [5, 5.41) is 0. The highest BCUT2D eigenvalue weighted by molar-refractivity contribution is 5.81. The van der Waals surface area contributed by atoms with Gasteiger partial charge in [0.2, 0.25) is 0 Å². The molecule has 0 aromatic heterocycles. The van der Waals surface area contributed by atoms with E-state index in [0.717, 1.165) is 51.0 Å². The quantitative estimate of drug-likeness (QED) is 0.761. The number of rotatable bonds is 7. The van der Waals surface area contributed by atoms with E-state index in [1.807, 2.05) is 24.0 Å². The first-order valence-electron chi connectivity index (χ1n) is 9.34. The molecule has 5 nitrogen and oxygen atoms in total. The Morgan fingerprint density at radius 2 is 2.08 bits per heavy atom. The van der Waals surface area contributed by atoms with Gasteiger partial charge in [0.1, 0.15) is 11.9 Å². The maximum Gasteiger partial charge on any atom is 0.251 e. The van der Waals surface area contributed by atoms with Crippen LogP contribution in [0, 0.1) is 0 Å². The summed E-state index contributed by atoms with van der Waals surface area (Å²) in [6.45, 7) is 4.02. The van der Waals surface area contributed by atoms with Crippen LogP contribution in [-0.2, 0) is 20.7 Å². The molecule has 3 unspecified atom stereocenters. The number of carbonyl (C=O) groups is 1. The molecule has 25 heavy (non-hydrogen) atoms. The number of benzene rings is 1. The molecule has 3 rings (SSSR count). The van der Waals surface area contributed by atoms with Gasteiger partial charge >= 0.3 is 0 Å². The van der Waals surface area contributed by atoms with Crippen LogP contribution in [0.15, 0.2) is 24.3 Å². The van der Waals surface area contributed by atoms with E-state index in [1.54, 1.807) is 7.11 Å². The van der Waals surface area contributed by atoms with Gasteiger partial charge in [-0.05, 0) is 56.7 Å². The minimum absolute atomic E-state index is 0.106. The lowest BCUT2D eigenvalue weighted by atomic mass is 10.0. The minimum Gasteiger partial charge on any atom is -0.497 e. The molecule has 2 aliphatic rings. The van der Waals surface area contributed by atoms with Crippen LogP contribution in [-0.4, -0.2) is 55.9 Å². The van der Waals surface area contributed by atoms with Crippen molar-refractivity contribution in [3.8, 4) is 5.75 Å². The first-order chi connectivity index (χ1) is 12.2. The summed E-state index contributed by atoms with van der Waals surface area (Å²) in [4.78, 5) is 14.8. The number of amides is 1. The molecule has 5 heteroatoms. The van der Waals surface area contributed by atoms with Gasteiger partial charge in [0.25, 0.3) is 5.91 Å². The highest BCUT2D eigenvalue weighted by Gasteiger charge is 2.32. The normalized spacial score (nSPS) is 24.5. The average Bonchev–Trinajstić information content (AvgIpc) is 3.31. The van der Waals surface area contributed by atoms with Gasteiger partial charge in [0, 0.05) is 19.2 Å². The summed E-state index contributed by atoms with van der Waals surface area (Å²) in [6.07, 6.45) is 4.87. The molecule has 1 aromatic rings. The van der Waals surface area contributed by atoms with E-state index in [2.05, 4.69) is 12.1 Å². The zero-order chi connectivity index (χ0) is 17.6. The van der Waals surface area contributed by atoms with Crippen molar-refractivity contribution in [1.82, 2.24) is 4.90 Å². The Kier molecular flexibility index (Phi) is 6.32. The van der Waals surface area contributed by atoms with E-state index in [0.29, 0.717) is 6.61 Å². The molecule has 0 radical (unpaired) electrons. The first kappa shape index (κ1) is 18.2. The zero-order valence-electron chi connectivity index (χ0n) is 15.3. The summed E-state index contributed by atoms with van der Waals surface area (Å²) in [7, 11) is 1.67. The molecule has 0 aliphatic carbocycles. The van der Waals surface area contributed by atoms with Crippen molar-refractivity contribution >= 4 is 5.91 Å². The number of hydrogen-bond donors (Lipinski definition) is 0. The molecule has 138 valence electrons. The number of hydrogen-bond acceptors (Lipinski definition) is 4. The third-order valence-corrected chi connectivity index (χ3v) is 5.19. The number of carbonyl (C=O) groups excluding carboxylic acids is 1. The standard InChI is InChI=1S/C20H29NO4/c1-15(25-14-19-6-4-12-24-19)20(22)21-11-3-5-17(21)13-16-7-9-18(23-2)10-8-16/h7-10,15,17,19H,3-6,11-14H2,1-2H3. The van der Waals surface area contributed by atoms with Crippen molar-refractivity contribution in [2.75, 3.05) is 26.9 Å². The monoisotopic (exact) mass is 347 g/mol. The largest absolute Gasteiger partial charge is 0.497 e. The summed E-state index contributed by atoms with van der Waals surface area (Å²) < 4.78 is 16.6. The van der Waals surface area contributed by atoms with Crippen LogP contribution in [0.25, 0.3) is 0 Å². The second-order valence-electron chi connectivity index (χ2n) is 6.99. The molecule has 2 aliphatic heterocycles. The first-order valence-corrected chi connectivity index (χ1v) is 9.34. The van der Waals surface area contributed by atoms with Gasteiger partial charge in [-0.2, -0.15) is 0 Å². The Morgan fingerprint density at radius 3 is 2.76 bits per heavy atom. The van der Waals surface area contributed by atoms with E-state index < -0.39 is 6.10 Å². The minimum atomic E-state index is -0.402. The Morgan fingerprint density at radius 1 is 1.28 bits per heavy atom. The summed E-state index contributed by atoms with van der Waals surface area (Å²) >= 11 is 0. The van der Waals surface area contributed by atoms with E-state index in [9.17, 15) is 4.79 Å². The maximum absolute atomic E-state index is 12.8. The van der Waals surface area contributed by atoms with Crippen LogP contribution < -0.4 is 4.74 Å². The second kappa shape index (κ2) is 8.68. The van der Waals surface area contributed by atoms with Gasteiger partial charge < -0.3 is 19.1 Å². The van der Waals surface area contributed by atoms with Crippen LogP contribution in [0.3, 0.4) is 0 Å². The third kappa shape index (κ3) is 4.73. The van der Waals surface area contributed by atoms with E-state index in [1.165, 1.54) is 5.56 Å². The lowest BCUT2D eigenvalue weighted by molar-refractivity contribution is -0.145. The van der Waals surface area contributed by atoms with Crippen molar-refractivity contribution in [1.29, 1.82) is 0 Å². The lowest BCUT2D eigenvalue weighted by Crippen LogP contribution is -2.43. The fourth-order valence-electron chi connectivity index (χ4n) is 3.70. The molecule has 1 amide bonds. The number of likely N-dealkylation sites (tertiary alicyclic amines) is 1. The van der Waals surface area contributed by atoms with Gasteiger partial charge in [-0.15, -0.1) is 0 Å². The Hall–Kier alpha value is -1.59. The second-order valence-corrected chi connectivity index (χ2v) is 6.99. The van der Waals surface area contributed by atoms with Crippen molar-refractivity contribution in [2.24, 2.45) is 0 Å². The van der Waals surface area contributed by atoms with Crippen LogP contribution >= 0.6 is 0 Å². The van der Waals surface area contributed by atoms with Gasteiger partial charge in [0.05, 0.1) is 19.8 Å². The van der Waals surface area contributed by atoms with Crippen molar-refractivity contribution in [3.63, 3.8) is 0 Å². The molecule has 0 saturated carbocycles.